The maximum atomic E-state index is 14.3. The van der Waals surface area contributed by atoms with Gasteiger partial charge < -0.3 is 9.64 Å². The number of amidine groups is 1. The molecule has 3 rings (SSSR count). The van der Waals surface area contributed by atoms with E-state index in [9.17, 15) is 9.18 Å². The van der Waals surface area contributed by atoms with E-state index in [0.717, 1.165) is 5.17 Å². The number of esters is 1. The lowest BCUT2D eigenvalue weighted by molar-refractivity contribution is -0.139. The first kappa shape index (κ1) is 14.8. The van der Waals surface area contributed by atoms with Crippen LogP contribution in [0.1, 0.15) is 25.5 Å². The predicted octanol–water partition coefficient (Wildman–Crippen LogP) is 3.59. The number of allylic oxidation sites excluding steroid dienone is 1. The Morgan fingerprint density at radius 2 is 2.23 bits per heavy atom. The number of fused-ring (bicyclic) bond motifs is 1. The van der Waals surface area contributed by atoms with Gasteiger partial charge in [0.2, 0.25) is 0 Å². The summed E-state index contributed by atoms with van der Waals surface area (Å²) in [6.07, 6.45) is 1.81. The summed E-state index contributed by atoms with van der Waals surface area (Å²) in [5, 5.41) is 2.60. The van der Waals surface area contributed by atoms with E-state index in [1.165, 1.54) is 17.8 Å². The van der Waals surface area contributed by atoms with E-state index in [4.69, 9.17) is 4.74 Å². The van der Waals surface area contributed by atoms with E-state index in [-0.39, 0.29) is 12.4 Å². The summed E-state index contributed by atoms with van der Waals surface area (Å²) in [7, 11) is 0. The summed E-state index contributed by atoms with van der Waals surface area (Å²) in [6.45, 7) is 3.76. The Kier molecular flexibility index (Phi) is 4.02. The second-order valence-corrected chi connectivity index (χ2v) is 5.72. The highest BCUT2D eigenvalue weighted by Gasteiger charge is 2.38. The molecule has 0 aliphatic carbocycles. The minimum Gasteiger partial charge on any atom is -0.463 e. The van der Waals surface area contributed by atoms with Crippen molar-refractivity contribution in [2.75, 3.05) is 6.61 Å². The highest BCUT2D eigenvalue weighted by molar-refractivity contribution is 8.16. The largest absolute Gasteiger partial charge is 0.463 e. The Morgan fingerprint density at radius 1 is 1.45 bits per heavy atom. The summed E-state index contributed by atoms with van der Waals surface area (Å²) >= 11 is 1.45. The maximum absolute atomic E-state index is 14.3. The number of thioether (sulfide) groups is 1. The molecule has 0 saturated heterocycles. The molecule has 0 spiro atoms. The number of benzene rings is 1. The highest BCUT2D eigenvalue weighted by atomic mass is 32.2. The van der Waals surface area contributed by atoms with Gasteiger partial charge in [-0.1, -0.05) is 30.0 Å². The number of hydrogen-bond donors (Lipinski definition) is 0. The Labute approximate surface area is 132 Å². The average molecular weight is 318 g/mol. The maximum Gasteiger partial charge on any atom is 0.338 e. The normalized spacial score (nSPS) is 20.0. The Bertz CT molecular complexity index is 712. The third-order valence-corrected chi connectivity index (χ3v) is 4.29. The molecule has 0 saturated carbocycles. The van der Waals surface area contributed by atoms with Crippen LogP contribution in [0.3, 0.4) is 0 Å². The first-order chi connectivity index (χ1) is 10.6. The molecule has 22 heavy (non-hydrogen) atoms. The number of carbonyl (C=O) groups excluding carboxylic acids is 1. The average Bonchev–Trinajstić information content (AvgIpc) is 2.94. The third kappa shape index (κ3) is 2.43. The van der Waals surface area contributed by atoms with Crippen LogP contribution in [0.5, 0.6) is 0 Å². The van der Waals surface area contributed by atoms with Gasteiger partial charge in [-0.25, -0.2) is 14.2 Å². The molecule has 0 fully saturated rings. The first-order valence-electron chi connectivity index (χ1n) is 6.96. The van der Waals surface area contributed by atoms with Crippen LogP contribution >= 0.6 is 11.8 Å². The number of ether oxygens (including phenoxy) is 1. The summed E-state index contributed by atoms with van der Waals surface area (Å²) in [5.41, 5.74) is 1.38. The highest BCUT2D eigenvalue weighted by Crippen LogP contribution is 2.41. The van der Waals surface area contributed by atoms with Crippen LogP contribution in [-0.4, -0.2) is 22.6 Å². The van der Waals surface area contributed by atoms with Crippen LogP contribution in [0.15, 0.2) is 52.1 Å². The molecule has 2 aliphatic heterocycles. The van der Waals surface area contributed by atoms with E-state index < -0.39 is 12.0 Å². The molecular weight excluding hydrogens is 303 g/mol. The van der Waals surface area contributed by atoms with E-state index in [1.54, 1.807) is 32.0 Å². The lowest BCUT2D eigenvalue weighted by Crippen LogP contribution is -2.34. The van der Waals surface area contributed by atoms with Gasteiger partial charge in [-0.3, -0.25) is 0 Å². The van der Waals surface area contributed by atoms with E-state index in [2.05, 4.69) is 4.99 Å². The molecular formula is C16H15FN2O2S. The zero-order valence-corrected chi connectivity index (χ0v) is 13.1. The van der Waals surface area contributed by atoms with Gasteiger partial charge in [0.1, 0.15) is 5.82 Å². The molecule has 4 nitrogen and oxygen atoms in total. The van der Waals surface area contributed by atoms with Crippen molar-refractivity contribution in [1.29, 1.82) is 0 Å². The van der Waals surface area contributed by atoms with Gasteiger partial charge in [-0.05, 0) is 25.3 Å². The number of rotatable bonds is 3. The van der Waals surface area contributed by atoms with Crippen molar-refractivity contribution in [2.24, 2.45) is 4.99 Å². The van der Waals surface area contributed by atoms with Gasteiger partial charge >= 0.3 is 5.97 Å². The molecule has 0 radical (unpaired) electrons. The number of aliphatic imine (C=N–C) groups is 1. The molecule has 6 heteroatoms. The SMILES string of the molecule is CCOC(=O)C1=C(C)N=C2SC=CN2[C@H]1c1ccccc1F. The topological polar surface area (TPSA) is 41.9 Å². The minimum atomic E-state index is -0.556. The molecule has 1 aromatic rings. The van der Waals surface area contributed by atoms with Crippen LogP contribution in [0.25, 0.3) is 0 Å². The summed E-state index contributed by atoms with van der Waals surface area (Å²) in [4.78, 5) is 18.6. The minimum absolute atomic E-state index is 0.265. The summed E-state index contributed by atoms with van der Waals surface area (Å²) in [6, 6.07) is 5.91. The summed E-state index contributed by atoms with van der Waals surface area (Å²) in [5.74, 6) is -0.810. The van der Waals surface area contributed by atoms with Crippen molar-refractivity contribution >= 4 is 22.9 Å². The molecule has 0 aromatic heterocycles. The lowest BCUT2D eigenvalue weighted by atomic mass is 9.94. The van der Waals surface area contributed by atoms with Crippen molar-refractivity contribution in [2.45, 2.75) is 19.9 Å². The summed E-state index contributed by atoms with van der Waals surface area (Å²) < 4.78 is 19.5. The number of halogens is 1. The number of nitrogens with zero attached hydrogens (tertiary/aromatic N) is 2. The molecule has 0 bridgehead atoms. The van der Waals surface area contributed by atoms with Gasteiger partial charge in [-0.15, -0.1) is 0 Å². The van der Waals surface area contributed by atoms with Gasteiger partial charge in [0.05, 0.1) is 23.9 Å². The van der Waals surface area contributed by atoms with E-state index in [1.807, 2.05) is 16.5 Å². The second-order valence-electron chi connectivity index (χ2n) is 4.85. The molecule has 2 aliphatic rings. The fourth-order valence-corrected chi connectivity index (χ4v) is 3.36. The van der Waals surface area contributed by atoms with Gasteiger partial charge in [0.25, 0.3) is 0 Å². The first-order valence-corrected chi connectivity index (χ1v) is 7.84. The third-order valence-electron chi connectivity index (χ3n) is 3.52. The van der Waals surface area contributed by atoms with Crippen LogP contribution < -0.4 is 0 Å². The van der Waals surface area contributed by atoms with Gasteiger partial charge in [0, 0.05) is 11.8 Å². The predicted molar refractivity (Wildman–Crippen MR) is 84.5 cm³/mol. The Morgan fingerprint density at radius 3 is 2.95 bits per heavy atom. The number of hydrogen-bond acceptors (Lipinski definition) is 5. The second kappa shape index (κ2) is 5.96. The smallest absolute Gasteiger partial charge is 0.338 e. The van der Waals surface area contributed by atoms with E-state index in [0.29, 0.717) is 16.8 Å². The fraction of sp³-hybridized carbons (Fsp3) is 0.250. The van der Waals surface area contributed by atoms with Crippen LogP contribution in [0.4, 0.5) is 4.39 Å². The molecule has 0 N–H and O–H groups in total. The van der Waals surface area contributed by atoms with Crippen molar-refractivity contribution in [3.63, 3.8) is 0 Å². The zero-order chi connectivity index (χ0) is 15.7. The van der Waals surface area contributed by atoms with Crippen LogP contribution in [0, 0.1) is 5.82 Å². The lowest BCUT2D eigenvalue weighted by Gasteiger charge is -2.33. The molecule has 0 unspecified atom stereocenters. The van der Waals surface area contributed by atoms with Crippen molar-refractivity contribution < 1.29 is 13.9 Å². The van der Waals surface area contributed by atoms with Crippen molar-refractivity contribution in [3.8, 4) is 0 Å². The molecule has 114 valence electrons. The van der Waals surface area contributed by atoms with Gasteiger partial charge in [-0.2, -0.15) is 0 Å². The monoisotopic (exact) mass is 318 g/mol. The van der Waals surface area contributed by atoms with Crippen molar-refractivity contribution in [3.05, 3.63) is 58.5 Å². The van der Waals surface area contributed by atoms with Crippen LogP contribution in [-0.2, 0) is 9.53 Å². The molecule has 1 atom stereocenters. The van der Waals surface area contributed by atoms with Crippen molar-refractivity contribution in [1.82, 2.24) is 4.90 Å². The van der Waals surface area contributed by atoms with Gasteiger partial charge in [0.15, 0.2) is 5.17 Å². The van der Waals surface area contributed by atoms with E-state index >= 15 is 0 Å². The Hall–Kier alpha value is -2.08. The molecule has 1 aromatic carbocycles. The fourth-order valence-electron chi connectivity index (χ4n) is 2.57. The molecule has 0 amide bonds. The number of carbonyl (C=O) groups is 1. The van der Waals surface area contributed by atoms with Crippen LogP contribution in [0.2, 0.25) is 0 Å². The zero-order valence-electron chi connectivity index (χ0n) is 12.2. The standard InChI is InChI=1S/C16H15FN2O2S/c1-3-21-15(20)13-10(2)18-16-19(8-9-22-16)14(13)11-6-4-5-7-12(11)17/h4-9,14H,3H2,1-2H3/t14-/m0/s1. The molecule has 2 heterocycles. The Balaban J connectivity index is 2.14. The quantitative estimate of drug-likeness (QED) is 0.799.